The van der Waals surface area contributed by atoms with E-state index < -0.39 is 6.09 Å². The monoisotopic (exact) mass is 400 g/mol. The number of rotatable bonds is 6. The Morgan fingerprint density at radius 3 is 2.67 bits per heavy atom. The minimum atomic E-state index is -0.531. The Balaban J connectivity index is 1.74. The van der Waals surface area contributed by atoms with E-state index in [-0.39, 0.29) is 0 Å². The number of hydrogen-bond donors (Lipinski definition) is 2. The van der Waals surface area contributed by atoms with Gasteiger partial charge in [0.25, 0.3) is 0 Å². The molecule has 0 bridgehead atoms. The molecule has 8 heteroatoms. The van der Waals surface area contributed by atoms with Gasteiger partial charge in [-0.05, 0) is 28.5 Å². The number of nitrogens with one attached hydrogen (secondary N) is 2. The summed E-state index contributed by atoms with van der Waals surface area (Å²) in [6.07, 6.45) is 1.21. The normalized spacial score (nSPS) is 11.1. The lowest BCUT2D eigenvalue weighted by atomic mass is 10.0. The molecule has 0 aliphatic carbocycles. The lowest BCUT2D eigenvalue weighted by Gasteiger charge is -2.04. The maximum atomic E-state index is 11.6. The number of benzene rings is 1. The number of anilines is 2. The van der Waals surface area contributed by atoms with Crippen LogP contribution in [-0.4, -0.2) is 24.4 Å². The number of carbonyl (C=O) groups excluding carboxylic acids is 1. The molecule has 1 aromatic carbocycles. The van der Waals surface area contributed by atoms with Crippen LogP contribution in [0.1, 0.15) is 30.9 Å². The van der Waals surface area contributed by atoms with Crippen molar-refractivity contribution in [3.05, 3.63) is 52.9 Å². The molecule has 3 aromatic rings. The SMILES string of the molecule is COC(=O)Nc1sc(N/N=C/c2ccc(C(C)C)cc2)nc1-c1cccs1. The van der Waals surface area contributed by atoms with Crippen LogP contribution >= 0.6 is 22.7 Å². The van der Waals surface area contributed by atoms with Crippen LogP contribution < -0.4 is 10.7 Å². The number of thiophene rings is 1. The van der Waals surface area contributed by atoms with E-state index in [1.807, 2.05) is 29.6 Å². The molecule has 2 aromatic heterocycles. The number of hydrazone groups is 1. The molecular formula is C19H20N4O2S2. The smallest absolute Gasteiger partial charge is 0.412 e. The maximum absolute atomic E-state index is 11.6. The first-order chi connectivity index (χ1) is 13.1. The zero-order valence-electron chi connectivity index (χ0n) is 15.2. The van der Waals surface area contributed by atoms with Crippen LogP contribution in [0.25, 0.3) is 10.6 Å². The summed E-state index contributed by atoms with van der Waals surface area (Å²) in [6.45, 7) is 4.33. The Morgan fingerprint density at radius 1 is 1.26 bits per heavy atom. The number of methoxy groups -OCH3 is 1. The van der Waals surface area contributed by atoms with Crippen molar-refractivity contribution in [3.63, 3.8) is 0 Å². The third-order valence-electron chi connectivity index (χ3n) is 3.76. The van der Waals surface area contributed by atoms with Crippen LogP contribution in [0.4, 0.5) is 14.9 Å². The molecule has 0 spiro atoms. The van der Waals surface area contributed by atoms with Crippen LogP contribution in [0, 0.1) is 0 Å². The van der Waals surface area contributed by atoms with E-state index in [0.29, 0.717) is 21.7 Å². The second kappa shape index (κ2) is 8.79. The number of carbonyl (C=O) groups is 1. The number of amides is 1. The fourth-order valence-electron chi connectivity index (χ4n) is 2.31. The van der Waals surface area contributed by atoms with Gasteiger partial charge < -0.3 is 4.74 Å². The highest BCUT2D eigenvalue weighted by atomic mass is 32.1. The molecule has 0 saturated heterocycles. The fourth-order valence-corrected chi connectivity index (χ4v) is 3.91. The molecule has 0 radical (unpaired) electrons. The number of ether oxygens (including phenoxy) is 1. The molecule has 0 aliphatic heterocycles. The molecule has 0 aliphatic rings. The minimum Gasteiger partial charge on any atom is -0.453 e. The predicted molar refractivity (Wildman–Crippen MR) is 113 cm³/mol. The van der Waals surface area contributed by atoms with E-state index in [2.05, 4.69) is 51.5 Å². The highest BCUT2D eigenvalue weighted by molar-refractivity contribution is 7.21. The van der Waals surface area contributed by atoms with Crippen molar-refractivity contribution in [2.24, 2.45) is 5.10 Å². The Kier molecular flexibility index (Phi) is 6.20. The summed E-state index contributed by atoms with van der Waals surface area (Å²) in [5.41, 5.74) is 5.91. The second-order valence-electron chi connectivity index (χ2n) is 5.98. The Morgan fingerprint density at radius 2 is 2.04 bits per heavy atom. The van der Waals surface area contributed by atoms with Gasteiger partial charge in [0.1, 0.15) is 10.7 Å². The van der Waals surface area contributed by atoms with Gasteiger partial charge in [0.2, 0.25) is 5.13 Å². The Hall–Kier alpha value is -2.71. The molecule has 1 amide bonds. The molecule has 0 unspecified atom stereocenters. The molecule has 27 heavy (non-hydrogen) atoms. The van der Waals surface area contributed by atoms with Crippen LogP contribution in [0.15, 0.2) is 46.9 Å². The molecule has 0 saturated carbocycles. The van der Waals surface area contributed by atoms with E-state index >= 15 is 0 Å². The minimum absolute atomic E-state index is 0.501. The van der Waals surface area contributed by atoms with Crippen LogP contribution in [-0.2, 0) is 4.74 Å². The number of nitrogens with zero attached hydrogens (tertiary/aromatic N) is 2. The third-order valence-corrected chi connectivity index (χ3v) is 5.51. The summed E-state index contributed by atoms with van der Waals surface area (Å²) in [5, 5.41) is 10.1. The summed E-state index contributed by atoms with van der Waals surface area (Å²) in [6, 6.07) is 12.2. The van der Waals surface area contributed by atoms with Crippen molar-refractivity contribution in [2.75, 3.05) is 17.9 Å². The van der Waals surface area contributed by atoms with Crippen LogP contribution in [0.5, 0.6) is 0 Å². The number of hydrogen-bond acceptors (Lipinski definition) is 7. The molecule has 2 heterocycles. The van der Waals surface area contributed by atoms with Gasteiger partial charge in [0, 0.05) is 0 Å². The van der Waals surface area contributed by atoms with E-state index in [1.165, 1.54) is 24.0 Å². The largest absolute Gasteiger partial charge is 0.453 e. The third kappa shape index (κ3) is 4.93. The first kappa shape index (κ1) is 19.1. The molecule has 6 nitrogen and oxygen atoms in total. The molecule has 0 atom stereocenters. The predicted octanol–water partition coefficient (Wildman–Crippen LogP) is 5.62. The van der Waals surface area contributed by atoms with Crippen molar-refractivity contribution in [3.8, 4) is 10.6 Å². The van der Waals surface area contributed by atoms with Crippen molar-refractivity contribution >= 4 is 45.1 Å². The van der Waals surface area contributed by atoms with E-state index in [9.17, 15) is 4.79 Å². The topological polar surface area (TPSA) is 75.6 Å². The number of aromatic nitrogens is 1. The van der Waals surface area contributed by atoms with E-state index in [4.69, 9.17) is 0 Å². The first-order valence-electron chi connectivity index (χ1n) is 8.35. The standard InChI is InChI=1S/C19H20N4O2S2/c1-12(2)14-8-6-13(7-9-14)11-20-23-18-21-16(15-5-4-10-26-15)17(27-18)22-19(24)25-3/h4-12H,1-3H3,(H,21,23)(H,22,24)/b20-11+. The van der Waals surface area contributed by atoms with Crippen molar-refractivity contribution in [2.45, 2.75) is 19.8 Å². The fraction of sp³-hybridized carbons (Fsp3) is 0.211. The van der Waals surface area contributed by atoms with Gasteiger partial charge in [-0.2, -0.15) is 5.10 Å². The average Bonchev–Trinajstić information content (AvgIpc) is 3.32. The van der Waals surface area contributed by atoms with Crippen molar-refractivity contribution < 1.29 is 9.53 Å². The molecule has 140 valence electrons. The van der Waals surface area contributed by atoms with Gasteiger partial charge in [-0.3, -0.25) is 10.7 Å². The highest BCUT2D eigenvalue weighted by Crippen LogP contribution is 2.38. The molecule has 0 fully saturated rings. The first-order valence-corrected chi connectivity index (χ1v) is 10.0. The molecular weight excluding hydrogens is 380 g/mol. The summed E-state index contributed by atoms with van der Waals surface area (Å²) < 4.78 is 4.68. The Labute approximate surface area is 165 Å². The second-order valence-corrected chi connectivity index (χ2v) is 7.93. The van der Waals surface area contributed by atoms with Gasteiger partial charge in [0.15, 0.2) is 0 Å². The van der Waals surface area contributed by atoms with Crippen LogP contribution in [0.3, 0.4) is 0 Å². The van der Waals surface area contributed by atoms with E-state index in [1.54, 1.807) is 17.6 Å². The quantitative estimate of drug-likeness (QED) is 0.416. The lowest BCUT2D eigenvalue weighted by molar-refractivity contribution is 0.187. The lowest BCUT2D eigenvalue weighted by Crippen LogP contribution is -2.10. The summed E-state index contributed by atoms with van der Waals surface area (Å²) in [4.78, 5) is 17.1. The van der Waals surface area contributed by atoms with E-state index in [0.717, 1.165) is 10.4 Å². The zero-order valence-corrected chi connectivity index (χ0v) is 16.9. The van der Waals surface area contributed by atoms with Gasteiger partial charge in [0.05, 0.1) is 18.2 Å². The average molecular weight is 401 g/mol. The van der Waals surface area contributed by atoms with Gasteiger partial charge in [-0.15, -0.1) is 11.3 Å². The van der Waals surface area contributed by atoms with Gasteiger partial charge >= 0.3 is 6.09 Å². The molecule has 3 rings (SSSR count). The summed E-state index contributed by atoms with van der Waals surface area (Å²) in [7, 11) is 1.33. The summed E-state index contributed by atoms with van der Waals surface area (Å²) >= 11 is 2.85. The zero-order chi connectivity index (χ0) is 19.2. The van der Waals surface area contributed by atoms with Gasteiger partial charge in [-0.1, -0.05) is 55.5 Å². The maximum Gasteiger partial charge on any atom is 0.412 e. The summed E-state index contributed by atoms with van der Waals surface area (Å²) in [5.74, 6) is 0.501. The van der Waals surface area contributed by atoms with Gasteiger partial charge in [-0.25, -0.2) is 9.78 Å². The van der Waals surface area contributed by atoms with Crippen LogP contribution in [0.2, 0.25) is 0 Å². The highest BCUT2D eigenvalue weighted by Gasteiger charge is 2.16. The molecule has 2 N–H and O–H groups in total. The Bertz CT molecular complexity index is 916. The number of thiazole rings is 1. The van der Waals surface area contributed by atoms with Crippen molar-refractivity contribution in [1.82, 2.24) is 4.98 Å². The van der Waals surface area contributed by atoms with Crippen molar-refractivity contribution in [1.29, 1.82) is 0 Å².